The van der Waals surface area contributed by atoms with Crippen LogP contribution in [0.15, 0.2) is 41.3 Å². The summed E-state index contributed by atoms with van der Waals surface area (Å²) in [6.45, 7) is 1.00. The fraction of sp³-hybridized carbons (Fsp3) is 0.364. The molecule has 10 heteroatoms. The van der Waals surface area contributed by atoms with Gasteiger partial charge in [-0.25, -0.2) is 13.2 Å². The van der Waals surface area contributed by atoms with Gasteiger partial charge in [-0.1, -0.05) is 6.42 Å². The first kappa shape index (κ1) is 23.6. The summed E-state index contributed by atoms with van der Waals surface area (Å²) in [6, 6.07) is 8.56. The zero-order valence-corrected chi connectivity index (χ0v) is 19.0. The molecule has 0 aliphatic carbocycles. The number of rotatable bonds is 7. The van der Waals surface area contributed by atoms with Crippen molar-refractivity contribution in [2.45, 2.75) is 24.2 Å². The summed E-state index contributed by atoms with van der Waals surface area (Å²) in [4.78, 5) is 25.1. The van der Waals surface area contributed by atoms with Crippen LogP contribution in [-0.2, 0) is 14.8 Å². The van der Waals surface area contributed by atoms with Crippen molar-refractivity contribution in [1.82, 2.24) is 4.31 Å². The van der Waals surface area contributed by atoms with Crippen molar-refractivity contribution in [2.24, 2.45) is 0 Å². The number of hydrogen-bond donors (Lipinski definition) is 1. The Bertz CT molecular complexity index is 1090. The molecule has 32 heavy (non-hydrogen) atoms. The van der Waals surface area contributed by atoms with Gasteiger partial charge in [0.2, 0.25) is 10.0 Å². The smallest absolute Gasteiger partial charge is 0.340 e. The molecule has 0 unspecified atom stereocenters. The van der Waals surface area contributed by atoms with E-state index in [0.717, 1.165) is 19.3 Å². The van der Waals surface area contributed by atoms with Gasteiger partial charge in [-0.15, -0.1) is 0 Å². The number of methoxy groups -OCH3 is 3. The molecule has 1 amide bonds. The molecule has 0 radical (unpaired) electrons. The monoisotopic (exact) mass is 462 g/mol. The summed E-state index contributed by atoms with van der Waals surface area (Å²) in [6.07, 6.45) is 2.70. The predicted octanol–water partition coefficient (Wildman–Crippen LogP) is 2.92. The third-order valence-corrected chi connectivity index (χ3v) is 7.16. The predicted molar refractivity (Wildman–Crippen MR) is 118 cm³/mol. The van der Waals surface area contributed by atoms with Crippen molar-refractivity contribution < 1.29 is 32.2 Å². The highest BCUT2D eigenvalue weighted by molar-refractivity contribution is 7.89. The molecule has 1 N–H and O–H groups in total. The van der Waals surface area contributed by atoms with Gasteiger partial charge >= 0.3 is 5.97 Å². The summed E-state index contributed by atoms with van der Waals surface area (Å²) in [5.41, 5.74) is 0.487. The van der Waals surface area contributed by atoms with E-state index in [1.165, 1.54) is 62.0 Å². The van der Waals surface area contributed by atoms with E-state index in [4.69, 9.17) is 14.2 Å². The van der Waals surface area contributed by atoms with Crippen LogP contribution in [0.5, 0.6) is 11.5 Å². The van der Waals surface area contributed by atoms with Gasteiger partial charge in [0.25, 0.3) is 5.91 Å². The average molecular weight is 463 g/mol. The number of nitrogens with one attached hydrogen (secondary N) is 1. The number of sulfonamides is 1. The van der Waals surface area contributed by atoms with Crippen LogP contribution in [0.3, 0.4) is 0 Å². The number of nitrogens with zero attached hydrogens (tertiary/aromatic N) is 1. The van der Waals surface area contributed by atoms with Gasteiger partial charge in [0.05, 0.1) is 37.5 Å². The Morgan fingerprint density at radius 2 is 1.50 bits per heavy atom. The highest BCUT2D eigenvalue weighted by atomic mass is 32.2. The van der Waals surface area contributed by atoms with Crippen LogP contribution in [-0.4, -0.2) is 59.0 Å². The Kier molecular flexibility index (Phi) is 7.37. The minimum Gasteiger partial charge on any atom is -0.493 e. The van der Waals surface area contributed by atoms with E-state index >= 15 is 0 Å². The lowest BCUT2D eigenvalue weighted by molar-refractivity contribution is 0.0601. The third kappa shape index (κ3) is 4.86. The van der Waals surface area contributed by atoms with Crippen LogP contribution in [0.1, 0.15) is 40.0 Å². The van der Waals surface area contributed by atoms with Crippen molar-refractivity contribution in [3.05, 3.63) is 47.5 Å². The summed E-state index contributed by atoms with van der Waals surface area (Å²) in [5, 5.41) is 2.65. The highest BCUT2D eigenvalue weighted by Crippen LogP contribution is 2.34. The molecule has 1 aliphatic heterocycles. The molecular formula is C22H26N2O7S. The van der Waals surface area contributed by atoms with Gasteiger partial charge in [-0.3, -0.25) is 4.79 Å². The maximum atomic E-state index is 12.8. The quantitative estimate of drug-likeness (QED) is 0.630. The number of carbonyl (C=O) groups is 2. The summed E-state index contributed by atoms with van der Waals surface area (Å²) in [5.74, 6) is -0.565. The molecule has 0 aromatic heterocycles. The molecule has 0 bridgehead atoms. The van der Waals surface area contributed by atoms with E-state index in [2.05, 4.69) is 5.32 Å². The van der Waals surface area contributed by atoms with Crippen molar-refractivity contribution in [2.75, 3.05) is 39.7 Å². The third-order valence-electron chi connectivity index (χ3n) is 5.25. The van der Waals surface area contributed by atoms with E-state index in [0.29, 0.717) is 24.6 Å². The van der Waals surface area contributed by atoms with Crippen LogP contribution in [0.4, 0.5) is 5.69 Å². The Morgan fingerprint density at radius 1 is 0.906 bits per heavy atom. The molecule has 3 rings (SSSR count). The van der Waals surface area contributed by atoms with E-state index in [-0.39, 0.29) is 21.7 Å². The number of piperidine rings is 1. The molecule has 1 heterocycles. The maximum Gasteiger partial charge on any atom is 0.340 e. The standard InChI is InChI=1S/C22H26N2O7S/c1-29-19-13-17(22(26)31-3)18(14-20(19)30-2)23-21(25)15-7-9-16(10-8-15)32(27,28)24-11-5-4-6-12-24/h7-10,13-14H,4-6,11-12H2,1-3H3,(H,23,25). The molecule has 1 fully saturated rings. The number of esters is 1. The molecule has 1 saturated heterocycles. The van der Waals surface area contributed by atoms with E-state index in [1.807, 2.05) is 0 Å². The first-order valence-corrected chi connectivity index (χ1v) is 11.5. The van der Waals surface area contributed by atoms with Crippen LogP contribution >= 0.6 is 0 Å². The Balaban J connectivity index is 1.85. The van der Waals surface area contributed by atoms with Crippen molar-refractivity contribution in [3.63, 3.8) is 0 Å². The lowest BCUT2D eigenvalue weighted by Gasteiger charge is -2.25. The first-order chi connectivity index (χ1) is 15.3. The minimum absolute atomic E-state index is 0.0859. The Hall–Kier alpha value is -3.11. The van der Waals surface area contributed by atoms with Crippen LogP contribution in [0.2, 0.25) is 0 Å². The number of ether oxygens (including phenoxy) is 3. The first-order valence-electron chi connectivity index (χ1n) is 10.1. The molecule has 172 valence electrons. The molecule has 9 nitrogen and oxygen atoms in total. The average Bonchev–Trinajstić information content (AvgIpc) is 2.83. The van der Waals surface area contributed by atoms with Crippen LogP contribution in [0.25, 0.3) is 0 Å². The SMILES string of the molecule is COC(=O)c1cc(OC)c(OC)cc1NC(=O)c1ccc(S(=O)(=O)N2CCCCC2)cc1. The molecule has 2 aromatic rings. The van der Waals surface area contributed by atoms with Gasteiger partial charge in [-0.05, 0) is 37.1 Å². The van der Waals surface area contributed by atoms with Gasteiger partial charge in [-0.2, -0.15) is 4.31 Å². The normalized spacial score (nSPS) is 14.5. The summed E-state index contributed by atoms with van der Waals surface area (Å²) < 4.78 is 42.3. The number of carbonyl (C=O) groups excluding carboxylic acids is 2. The Morgan fingerprint density at radius 3 is 2.06 bits per heavy atom. The minimum atomic E-state index is -3.59. The van der Waals surface area contributed by atoms with Crippen molar-refractivity contribution >= 4 is 27.6 Å². The zero-order chi connectivity index (χ0) is 23.3. The molecule has 0 saturated carbocycles. The number of anilines is 1. The summed E-state index contributed by atoms with van der Waals surface area (Å²) >= 11 is 0. The fourth-order valence-corrected chi connectivity index (χ4v) is 5.01. The Labute approximate surface area is 187 Å². The van der Waals surface area contributed by atoms with E-state index in [1.54, 1.807) is 0 Å². The lowest BCUT2D eigenvalue weighted by atomic mass is 10.1. The lowest BCUT2D eigenvalue weighted by Crippen LogP contribution is -2.35. The second-order valence-electron chi connectivity index (χ2n) is 7.19. The largest absolute Gasteiger partial charge is 0.493 e. The molecule has 0 atom stereocenters. The van der Waals surface area contributed by atoms with Crippen molar-refractivity contribution in [1.29, 1.82) is 0 Å². The number of hydrogen-bond acceptors (Lipinski definition) is 7. The number of amides is 1. The highest BCUT2D eigenvalue weighted by Gasteiger charge is 2.26. The second kappa shape index (κ2) is 10.0. The molecule has 2 aromatic carbocycles. The molecule has 0 spiro atoms. The van der Waals surface area contributed by atoms with E-state index < -0.39 is 21.9 Å². The zero-order valence-electron chi connectivity index (χ0n) is 18.2. The van der Waals surface area contributed by atoms with Gasteiger partial charge in [0.15, 0.2) is 11.5 Å². The van der Waals surface area contributed by atoms with Gasteiger partial charge in [0, 0.05) is 30.8 Å². The molecular weight excluding hydrogens is 436 g/mol. The van der Waals surface area contributed by atoms with Crippen LogP contribution in [0, 0.1) is 0 Å². The van der Waals surface area contributed by atoms with Gasteiger partial charge < -0.3 is 19.5 Å². The topological polar surface area (TPSA) is 111 Å². The second-order valence-corrected chi connectivity index (χ2v) is 9.13. The molecule has 1 aliphatic rings. The van der Waals surface area contributed by atoms with Gasteiger partial charge in [0.1, 0.15) is 0 Å². The summed E-state index contributed by atoms with van der Waals surface area (Å²) in [7, 11) is 0.497. The fourth-order valence-electron chi connectivity index (χ4n) is 3.49. The van der Waals surface area contributed by atoms with Crippen LogP contribution < -0.4 is 14.8 Å². The van der Waals surface area contributed by atoms with E-state index in [9.17, 15) is 18.0 Å². The maximum absolute atomic E-state index is 12.8. The van der Waals surface area contributed by atoms with Crippen molar-refractivity contribution in [3.8, 4) is 11.5 Å². The number of benzene rings is 2.